The lowest BCUT2D eigenvalue weighted by Gasteiger charge is -2.19. The molecule has 2 N–H and O–H groups in total. The predicted octanol–water partition coefficient (Wildman–Crippen LogP) is 7.11. The van der Waals surface area contributed by atoms with Crippen LogP contribution in [0.4, 0.5) is 15.3 Å². The molecule has 3 aromatic carbocycles. The summed E-state index contributed by atoms with van der Waals surface area (Å²) in [5.74, 6) is 0.853. The third-order valence-electron chi connectivity index (χ3n) is 5.74. The van der Waals surface area contributed by atoms with Crippen molar-refractivity contribution in [3.63, 3.8) is 0 Å². The summed E-state index contributed by atoms with van der Waals surface area (Å²) in [5, 5.41) is 10.4. The van der Waals surface area contributed by atoms with Crippen LogP contribution >= 0.6 is 11.6 Å². The number of nitrogens with zero attached hydrogens (tertiary/aromatic N) is 2. The maximum atomic E-state index is 12.5. The van der Waals surface area contributed by atoms with E-state index in [0.29, 0.717) is 29.6 Å². The minimum absolute atomic E-state index is 0.161. The number of amides is 2. The van der Waals surface area contributed by atoms with Crippen LogP contribution in [-0.2, 0) is 24.4 Å². The fourth-order valence-corrected chi connectivity index (χ4v) is 4.08. The van der Waals surface area contributed by atoms with Crippen LogP contribution < -0.4 is 20.1 Å². The van der Waals surface area contributed by atoms with E-state index in [1.807, 2.05) is 55.5 Å². The molecule has 0 aliphatic carbocycles. The summed E-state index contributed by atoms with van der Waals surface area (Å²) in [6, 6.07) is 24.1. The number of carbonyl (C=O) groups excluding carboxylic acids is 2. The predicted molar refractivity (Wildman–Crippen MR) is 157 cm³/mol. The minimum atomic E-state index is -0.658. The largest absolute Gasteiger partial charge is 0.489 e. The van der Waals surface area contributed by atoms with Crippen molar-refractivity contribution in [1.82, 2.24) is 15.1 Å². The van der Waals surface area contributed by atoms with Crippen molar-refractivity contribution in [3.05, 3.63) is 106 Å². The van der Waals surface area contributed by atoms with Gasteiger partial charge in [0.25, 0.3) is 0 Å². The molecule has 41 heavy (non-hydrogen) atoms. The lowest BCUT2D eigenvalue weighted by Crippen LogP contribution is -2.27. The summed E-state index contributed by atoms with van der Waals surface area (Å²) in [6.45, 7) is 8.22. The van der Waals surface area contributed by atoms with E-state index < -0.39 is 17.8 Å². The first-order valence-electron chi connectivity index (χ1n) is 13.1. The van der Waals surface area contributed by atoms with Gasteiger partial charge in [-0.2, -0.15) is 0 Å². The van der Waals surface area contributed by atoms with Gasteiger partial charge >= 0.3 is 12.2 Å². The number of halogens is 1. The summed E-state index contributed by atoms with van der Waals surface area (Å²) < 4.78 is 18.5. The monoisotopic (exact) mass is 576 g/mol. The van der Waals surface area contributed by atoms with Gasteiger partial charge in [0.2, 0.25) is 5.88 Å². The van der Waals surface area contributed by atoms with Gasteiger partial charge in [-0.3, -0.25) is 10.00 Å². The van der Waals surface area contributed by atoms with Crippen molar-refractivity contribution in [1.29, 1.82) is 0 Å². The van der Waals surface area contributed by atoms with E-state index in [2.05, 4.69) is 15.7 Å². The SMILES string of the molecule is Cc1cc(OC(=O)NCc2cccc(NC(=O)OC(C)(C)C)c2)nn1Cc1cc(Cl)ccc1OCc1ccccc1. The number of ether oxygens (including phenoxy) is 3. The van der Waals surface area contributed by atoms with Crippen LogP contribution in [0, 0.1) is 6.92 Å². The summed E-state index contributed by atoms with van der Waals surface area (Å²) in [6.07, 6.45) is -1.21. The second kappa shape index (κ2) is 13.2. The highest BCUT2D eigenvalue weighted by molar-refractivity contribution is 6.30. The first-order chi connectivity index (χ1) is 19.5. The van der Waals surface area contributed by atoms with Gasteiger partial charge in [-0.25, -0.2) is 9.59 Å². The molecule has 0 saturated carbocycles. The van der Waals surface area contributed by atoms with Crippen molar-refractivity contribution in [2.24, 2.45) is 0 Å². The van der Waals surface area contributed by atoms with Gasteiger partial charge < -0.3 is 19.5 Å². The topological polar surface area (TPSA) is 104 Å². The molecular formula is C31H33ClN4O5. The number of benzene rings is 3. The van der Waals surface area contributed by atoms with Crippen LogP contribution in [0.2, 0.25) is 5.02 Å². The molecule has 0 radical (unpaired) electrons. The Labute approximate surface area is 244 Å². The number of hydrogen-bond donors (Lipinski definition) is 2. The molecule has 0 atom stereocenters. The Bertz CT molecular complexity index is 1500. The molecule has 4 rings (SSSR count). The van der Waals surface area contributed by atoms with Crippen molar-refractivity contribution < 1.29 is 23.8 Å². The molecule has 4 aromatic rings. The number of anilines is 1. The van der Waals surface area contributed by atoms with Crippen molar-refractivity contribution >= 4 is 29.5 Å². The summed E-state index contributed by atoms with van der Waals surface area (Å²) >= 11 is 6.27. The van der Waals surface area contributed by atoms with Crippen molar-refractivity contribution in [3.8, 4) is 11.6 Å². The summed E-state index contributed by atoms with van der Waals surface area (Å²) in [5.41, 5.74) is 3.40. The van der Waals surface area contributed by atoms with E-state index in [-0.39, 0.29) is 12.4 Å². The molecule has 214 valence electrons. The molecule has 0 aliphatic rings. The lowest BCUT2D eigenvalue weighted by atomic mass is 10.2. The number of carbonyl (C=O) groups is 2. The van der Waals surface area contributed by atoms with Crippen LogP contribution in [0.5, 0.6) is 11.6 Å². The van der Waals surface area contributed by atoms with Crippen molar-refractivity contribution in [2.45, 2.75) is 53.0 Å². The molecule has 2 amide bonds. The van der Waals surface area contributed by atoms with Crippen LogP contribution in [-0.4, -0.2) is 27.6 Å². The second-order valence-corrected chi connectivity index (χ2v) is 10.8. The zero-order valence-corrected chi connectivity index (χ0v) is 24.2. The van der Waals surface area contributed by atoms with Crippen LogP contribution in [0.3, 0.4) is 0 Å². The normalized spacial score (nSPS) is 11.0. The highest BCUT2D eigenvalue weighted by Gasteiger charge is 2.17. The molecule has 0 bridgehead atoms. The number of rotatable bonds is 9. The maximum absolute atomic E-state index is 12.5. The third kappa shape index (κ3) is 9.29. The van der Waals surface area contributed by atoms with Gasteiger partial charge in [0, 0.05) is 34.6 Å². The van der Waals surface area contributed by atoms with Gasteiger partial charge in [0.05, 0.1) is 6.54 Å². The molecule has 0 unspecified atom stereocenters. The summed E-state index contributed by atoms with van der Waals surface area (Å²) in [4.78, 5) is 24.5. The molecule has 0 fully saturated rings. The Balaban J connectivity index is 1.33. The Morgan fingerprint density at radius 3 is 2.44 bits per heavy atom. The minimum Gasteiger partial charge on any atom is -0.489 e. The highest BCUT2D eigenvalue weighted by atomic mass is 35.5. The van der Waals surface area contributed by atoms with Crippen LogP contribution in [0.15, 0.2) is 78.9 Å². The molecule has 1 aromatic heterocycles. The Hall–Kier alpha value is -4.50. The zero-order chi connectivity index (χ0) is 29.4. The molecule has 10 heteroatoms. The molecule has 1 heterocycles. The van der Waals surface area contributed by atoms with Gasteiger partial charge in [-0.1, -0.05) is 54.1 Å². The fourth-order valence-electron chi connectivity index (χ4n) is 3.88. The van der Waals surface area contributed by atoms with E-state index >= 15 is 0 Å². The molecular weight excluding hydrogens is 544 g/mol. The van der Waals surface area contributed by atoms with E-state index in [9.17, 15) is 9.59 Å². The second-order valence-electron chi connectivity index (χ2n) is 10.4. The van der Waals surface area contributed by atoms with Gasteiger partial charge in [-0.15, -0.1) is 5.10 Å². The van der Waals surface area contributed by atoms with Crippen LogP contribution in [0.1, 0.15) is 43.2 Å². The average Bonchev–Trinajstić information content (AvgIpc) is 3.24. The van der Waals surface area contributed by atoms with Gasteiger partial charge in [0.15, 0.2) is 0 Å². The molecule has 0 saturated heterocycles. The first kappa shape index (κ1) is 29.5. The highest BCUT2D eigenvalue weighted by Crippen LogP contribution is 2.26. The van der Waals surface area contributed by atoms with Gasteiger partial charge in [0.1, 0.15) is 18.0 Å². The standard InChI is InChI=1S/C31H33ClN4O5/c1-21-15-28(40-29(37)33-18-23-11-8-12-26(16-23)34-30(38)41-31(2,3)4)35-36(21)19-24-17-25(32)13-14-27(24)39-20-22-9-6-5-7-10-22/h5-17H,18-20H2,1-4H3,(H,33,37)(H,34,38). The quantitative estimate of drug-likeness (QED) is 0.220. The maximum Gasteiger partial charge on any atom is 0.414 e. The number of aryl methyl sites for hydroxylation is 1. The lowest BCUT2D eigenvalue weighted by molar-refractivity contribution is 0.0636. The smallest absolute Gasteiger partial charge is 0.414 e. The van der Waals surface area contributed by atoms with Crippen LogP contribution in [0.25, 0.3) is 0 Å². The molecule has 0 aliphatic heterocycles. The average molecular weight is 577 g/mol. The molecule has 0 spiro atoms. The van der Waals surface area contributed by atoms with E-state index in [1.165, 1.54) is 0 Å². The number of hydrogen-bond acceptors (Lipinski definition) is 6. The van der Waals surface area contributed by atoms with E-state index in [4.69, 9.17) is 25.8 Å². The van der Waals surface area contributed by atoms with Gasteiger partial charge in [-0.05, 0) is 69.2 Å². The first-order valence-corrected chi connectivity index (χ1v) is 13.5. The zero-order valence-electron chi connectivity index (χ0n) is 23.4. The Morgan fingerprint density at radius 2 is 1.68 bits per heavy atom. The van der Waals surface area contributed by atoms with E-state index in [0.717, 1.165) is 22.4 Å². The Morgan fingerprint density at radius 1 is 0.927 bits per heavy atom. The third-order valence-corrected chi connectivity index (χ3v) is 5.98. The fraction of sp³-hybridized carbons (Fsp3) is 0.258. The van der Waals surface area contributed by atoms with Crippen molar-refractivity contribution in [2.75, 3.05) is 5.32 Å². The molecule has 9 nitrogen and oxygen atoms in total. The van der Waals surface area contributed by atoms with E-state index in [1.54, 1.807) is 55.8 Å². The Kier molecular flexibility index (Phi) is 9.52. The summed E-state index contributed by atoms with van der Waals surface area (Å²) in [7, 11) is 0. The number of aromatic nitrogens is 2. The number of nitrogens with one attached hydrogen (secondary N) is 2.